The Morgan fingerprint density at radius 3 is 3.04 bits per heavy atom. The number of benzene rings is 1. The zero-order valence-electron chi connectivity index (χ0n) is 13.7. The second kappa shape index (κ2) is 7.73. The highest BCUT2D eigenvalue weighted by Crippen LogP contribution is 2.16. The number of H-pyrrole nitrogens is 1. The third kappa shape index (κ3) is 3.92. The number of hydrogen-bond donors (Lipinski definition) is 3. The molecule has 7 heteroatoms. The smallest absolute Gasteiger partial charge is 0.261 e. The van der Waals surface area contributed by atoms with Crippen molar-refractivity contribution < 1.29 is 4.74 Å². The third-order valence-corrected chi connectivity index (χ3v) is 4.15. The predicted octanol–water partition coefficient (Wildman–Crippen LogP) is 1.82. The van der Waals surface area contributed by atoms with E-state index in [1.165, 1.54) is 0 Å². The van der Waals surface area contributed by atoms with Crippen molar-refractivity contribution in [1.82, 2.24) is 9.97 Å². The summed E-state index contributed by atoms with van der Waals surface area (Å²) in [6.07, 6.45) is 3.22. The zero-order valence-corrected chi connectivity index (χ0v) is 13.7. The highest BCUT2D eigenvalue weighted by atomic mass is 16.5. The minimum Gasteiger partial charge on any atom is -0.379 e. The third-order valence-electron chi connectivity index (χ3n) is 4.15. The molecule has 1 unspecified atom stereocenters. The number of nitriles is 1. The van der Waals surface area contributed by atoms with E-state index < -0.39 is 0 Å². The first kappa shape index (κ1) is 16.9. The van der Waals surface area contributed by atoms with Gasteiger partial charge >= 0.3 is 0 Å². The van der Waals surface area contributed by atoms with Gasteiger partial charge in [0.1, 0.15) is 11.6 Å². The molecule has 0 amide bonds. The number of nitrogens with one attached hydrogen (secondary N) is 3. The Bertz CT molecular complexity index is 863. The van der Waals surface area contributed by atoms with E-state index in [0.29, 0.717) is 30.2 Å². The van der Waals surface area contributed by atoms with Gasteiger partial charge in [-0.2, -0.15) is 5.26 Å². The van der Waals surface area contributed by atoms with Crippen LogP contribution in [0.2, 0.25) is 0 Å². The maximum Gasteiger partial charge on any atom is 0.261 e. The fourth-order valence-electron chi connectivity index (χ4n) is 2.87. The van der Waals surface area contributed by atoms with E-state index in [4.69, 9.17) is 10.1 Å². The van der Waals surface area contributed by atoms with Crippen LogP contribution in [0.1, 0.15) is 35.4 Å². The number of anilines is 1. The van der Waals surface area contributed by atoms with Crippen molar-refractivity contribution >= 4 is 12.0 Å². The van der Waals surface area contributed by atoms with E-state index in [2.05, 4.69) is 21.4 Å². The first-order valence-corrected chi connectivity index (χ1v) is 8.17. The van der Waals surface area contributed by atoms with Crippen LogP contribution >= 0.6 is 0 Å². The molecule has 0 bridgehead atoms. The summed E-state index contributed by atoms with van der Waals surface area (Å²) in [5, 5.41) is 19.9. The highest BCUT2D eigenvalue weighted by Gasteiger charge is 2.18. The lowest BCUT2D eigenvalue weighted by molar-refractivity contribution is 0.0875. The summed E-state index contributed by atoms with van der Waals surface area (Å²) in [6, 6.07) is 9.43. The van der Waals surface area contributed by atoms with E-state index in [9.17, 15) is 10.1 Å². The number of rotatable bonds is 5. The molecule has 0 spiro atoms. The number of hydrogen-bond acceptors (Lipinski definition) is 6. The monoisotopic (exact) mass is 337 g/mol. The molecule has 2 heterocycles. The van der Waals surface area contributed by atoms with Gasteiger partial charge in [0, 0.05) is 19.2 Å². The van der Waals surface area contributed by atoms with Crippen LogP contribution in [0.25, 0.3) is 0 Å². The molecule has 0 radical (unpaired) electrons. The second-order valence-corrected chi connectivity index (χ2v) is 5.92. The van der Waals surface area contributed by atoms with Crippen molar-refractivity contribution in [3.05, 3.63) is 57.1 Å². The van der Waals surface area contributed by atoms with Crippen molar-refractivity contribution in [3.8, 4) is 6.07 Å². The molecule has 1 atom stereocenters. The number of nitrogens with zero attached hydrogens (tertiary/aromatic N) is 2. The molecule has 1 aliphatic rings. The summed E-state index contributed by atoms with van der Waals surface area (Å²) >= 11 is 0. The second-order valence-electron chi connectivity index (χ2n) is 5.92. The average Bonchev–Trinajstić information content (AvgIpc) is 2.63. The van der Waals surface area contributed by atoms with Gasteiger partial charge in [0.2, 0.25) is 0 Å². The SMILES string of the molecule is N#Cc1ccccc1Cc1nc(NC2CCCOC2)c(C=N)c(=O)[nH]1. The van der Waals surface area contributed by atoms with Gasteiger partial charge in [-0.3, -0.25) is 4.79 Å². The fourth-order valence-corrected chi connectivity index (χ4v) is 2.87. The summed E-state index contributed by atoms with van der Waals surface area (Å²) < 4.78 is 5.44. The summed E-state index contributed by atoms with van der Waals surface area (Å²) in [7, 11) is 0. The first-order chi connectivity index (χ1) is 12.2. The lowest BCUT2D eigenvalue weighted by Gasteiger charge is -2.24. The van der Waals surface area contributed by atoms with E-state index in [1.54, 1.807) is 12.1 Å². The Kier molecular flexibility index (Phi) is 5.21. The van der Waals surface area contributed by atoms with Gasteiger partial charge in [-0.1, -0.05) is 18.2 Å². The molecule has 1 aliphatic heterocycles. The van der Waals surface area contributed by atoms with Gasteiger partial charge in [0.05, 0.1) is 29.8 Å². The van der Waals surface area contributed by atoms with Crippen LogP contribution in [-0.2, 0) is 11.2 Å². The van der Waals surface area contributed by atoms with E-state index in [1.807, 2.05) is 12.1 Å². The molecule has 1 aromatic carbocycles. The average molecular weight is 337 g/mol. The Morgan fingerprint density at radius 2 is 2.32 bits per heavy atom. The Balaban J connectivity index is 1.91. The molecular weight excluding hydrogens is 318 g/mol. The van der Waals surface area contributed by atoms with Crippen molar-refractivity contribution in [3.63, 3.8) is 0 Å². The van der Waals surface area contributed by atoms with Crippen molar-refractivity contribution in [2.45, 2.75) is 25.3 Å². The first-order valence-electron chi connectivity index (χ1n) is 8.17. The highest BCUT2D eigenvalue weighted by molar-refractivity contribution is 5.83. The van der Waals surface area contributed by atoms with Crippen LogP contribution < -0.4 is 10.9 Å². The normalized spacial score (nSPS) is 16.8. The van der Waals surface area contributed by atoms with Crippen molar-refractivity contribution in [2.75, 3.05) is 18.5 Å². The topological polar surface area (TPSA) is 115 Å². The molecule has 25 heavy (non-hydrogen) atoms. The van der Waals surface area contributed by atoms with Crippen LogP contribution in [0.3, 0.4) is 0 Å². The van der Waals surface area contributed by atoms with Gasteiger partial charge in [-0.05, 0) is 24.5 Å². The molecule has 0 saturated carbocycles. The van der Waals surface area contributed by atoms with Crippen LogP contribution in [0.4, 0.5) is 5.82 Å². The minimum absolute atomic E-state index is 0.0704. The number of aromatic nitrogens is 2. The molecule has 3 rings (SSSR count). The largest absolute Gasteiger partial charge is 0.379 e. The van der Waals surface area contributed by atoms with Crippen LogP contribution in [0, 0.1) is 16.7 Å². The van der Waals surface area contributed by atoms with Crippen molar-refractivity contribution in [1.29, 1.82) is 10.7 Å². The predicted molar refractivity (Wildman–Crippen MR) is 94.2 cm³/mol. The van der Waals surface area contributed by atoms with Gasteiger partial charge in [-0.15, -0.1) is 0 Å². The van der Waals surface area contributed by atoms with Crippen LogP contribution in [0.15, 0.2) is 29.1 Å². The lowest BCUT2D eigenvalue weighted by Crippen LogP contribution is -2.32. The molecule has 128 valence electrons. The number of aromatic amines is 1. The van der Waals surface area contributed by atoms with Crippen LogP contribution in [-0.4, -0.2) is 35.4 Å². The molecule has 1 aromatic heterocycles. The van der Waals surface area contributed by atoms with Gasteiger partial charge in [0.25, 0.3) is 5.56 Å². The number of ether oxygens (including phenoxy) is 1. The summed E-state index contributed by atoms with van der Waals surface area (Å²) in [5.74, 6) is 0.844. The van der Waals surface area contributed by atoms with E-state index in [0.717, 1.165) is 31.2 Å². The summed E-state index contributed by atoms with van der Waals surface area (Å²) in [4.78, 5) is 19.5. The minimum atomic E-state index is -0.367. The van der Waals surface area contributed by atoms with E-state index >= 15 is 0 Å². The quantitative estimate of drug-likeness (QED) is 0.720. The molecule has 1 fully saturated rings. The summed E-state index contributed by atoms with van der Waals surface area (Å²) in [5.41, 5.74) is 1.18. The fraction of sp³-hybridized carbons (Fsp3) is 0.333. The standard InChI is InChI=1S/C18H19N5O2/c19-9-13-5-2-1-4-12(13)8-16-22-17(15(10-20)18(24)23-16)21-14-6-3-7-25-11-14/h1-2,4-5,10,14,20H,3,6-8,11H2,(H2,21,22,23,24). The molecule has 2 aromatic rings. The van der Waals surface area contributed by atoms with Gasteiger partial charge < -0.3 is 20.4 Å². The van der Waals surface area contributed by atoms with Gasteiger partial charge in [0.15, 0.2) is 0 Å². The molecule has 1 saturated heterocycles. The molecule has 7 nitrogen and oxygen atoms in total. The molecule has 3 N–H and O–H groups in total. The zero-order chi connectivity index (χ0) is 17.6. The maximum absolute atomic E-state index is 12.3. The lowest BCUT2D eigenvalue weighted by atomic mass is 10.1. The van der Waals surface area contributed by atoms with Crippen molar-refractivity contribution in [2.24, 2.45) is 0 Å². The Labute approximate surface area is 145 Å². The molecule has 0 aliphatic carbocycles. The van der Waals surface area contributed by atoms with Gasteiger partial charge in [-0.25, -0.2) is 4.98 Å². The maximum atomic E-state index is 12.3. The molecular formula is C18H19N5O2. The summed E-state index contributed by atoms with van der Waals surface area (Å²) in [6.45, 7) is 1.30. The Hall–Kier alpha value is -2.98. The Morgan fingerprint density at radius 1 is 1.48 bits per heavy atom. The van der Waals surface area contributed by atoms with E-state index in [-0.39, 0.29) is 17.2 Å². The van der Waals surface area contributed by atoms with Crippen LogP contribution in [0.5, 0.6) is 0 Å².